The molecule has 23 heavy (non-hydrogen) atoms. The predicted octanol–water partition coefficient (Wildman–Crippen LogP) is 4.30. The first kappa shape index (κ1) is 14.7. The number of amides is 1. The molecule has 1 amide bonds. The van der Waals surface area contributed by atoms with Gasteiger partial charge in [-0.05, 0) is 73.9 Å². The van der Waals surface area contributed by atoms with Crippen LogP contribution in [0.1, 0.15) is 32.1 Å². The van der Waals surface area contributed by atoms with Crippen LogP contribution < -0.4 is 5.32 Å². The monoisotopic (exact) mass is 327 g/mol. The second-order valence-corrected chi connectivity index (χ2v) is 7.16. The number of hydrogen-bond acceptors (Lipinski definition) is 2. The molecule has 2 aliphatic rings. The third kappa shape index (κ3) is 3.39. The third-order valence-electron chi connectivity index (χ3n) is 4.93. The molecule has 4 rings (SSSR count). The van der Waals surface area contributed by atoms with Crippen LogP contribution in [0.5, 0.6) is 0 Å². The van der Waals surface area contributed by atoms with E-state index < -0.39 is 0 Å². The lowest BCUT2D eigenvalue weighted by Gasteiger charge is -2.15. The standard InChI is InChI=1S/C18H21N3OS/c22-17(11-16(12-4-5-12)13-6-7-13)20-14-2-1-3-15(10-14)21-9-8-19-18(21)23/h1-3,8-10,12-13,16H,4-7,11H2,(H,19,23)(H,20,22). The predicted molar refractivity (Wildman–Crippen MR) is 93.1 cm³/mol. The lowest BCUT2D eigenvalue weighted by Crippen LogP contribution is -2.19. The minimum Gasteiger partial charge on any atom is -0.337 e. The van der Waals surface area contributed by atoms with Crippen LogP contribution >= 0.6 is 12.2 Å². The summed E-state index contributed by atoms with van der Waals surface area (Å²) in [4.78, 5) is 15.4. The first-order chi connectivity index (χ1) is 11.2. The van der Waals surface area contributed by atoms with E-state index in [1.165, 1.54) is 25.7 Å². The zero-order valence-electron chi connectivity index (χ0n) is 13.0. The van der Waals surface area contributed by atoms with E-state index in [9.17, 15) is 4.79 Å². The van der Waals surface area contributed by atoms with E-state index in [1.807, 2.05) is 41.2 Å². The molecule has 1 aromatic carbocycles. The Labute approximate surface area is 140 Å². The van der Waals surface area contributed by atoms with Crippen LogP contribution in [0, 0.1) is 22.5 Å². The molecule has 2 saturated carbocycles. The molecule has 120 valence electrons. The smallest absolute Gasteiger partial charge is 0.224 e. The maximum atomic E-state index is 12.4. The zero-order chi connectivity index (χ0) is 15.8. The molecule has 2 aromatic rings. The van der Waals surface area contributed by atoms with Gasteiger partial charge in [0.25, 0.3) is 0 Å². The van der Waals surface area contributed by atoms with Gasteiger partial charge in [0.15, 0.2) is 4.77 Å². The zero-order valence-corrected chi connectivity index (χ0v) is 13.8. The van der Waals surface area contributed by atoms with E-state index in [0.29, 0.717) is 17.1 Å². The molecule has 2 N–H and O–H groups in total. The van der Waals surface area contributed by atoms with Gasteiger partial charge in [-0.2, -0.15) is 0 Å². The highest BCUT2D eigenvalue weighted by Gasteiger charge is 2.42. The van der Waals surface area contributed by atoms with Crippen molar-refractivity contribution < 1.29 is 4.79 Å². The van der Waals surface area contributed by atoms with E-state index >= 15 is 0 Å². The van der Waals surface area contributed by atoms with E-state index in [2.05, 4.69) is 10.3 Å². The van der Waals surface area contributed by atoms with Crippen molar-refractivity contribution in [2.24, 2.45) is 17.8 Å². The molecule has 0 saturated heterocycles. The summed E-state index contributed by atoms with van der Waals surface area (Å²) in [6.45, 7) is 0. The van der Waals surface area contributed by atoms with Gasteiger partial charge >= 0.3 is 0 Å². The molecule has 0 bridgehead atoms. The summed E-state index contributed by atoms with van der Waals surface area (Å²) in [7, 11) is 0. The van der Waals surface area contributed by atoms with Gasteiger partial charge in [0.05, 0.1) is 0 Å². The highest BCUT2D eigenvalue weighted by molar-refractivity contribution is 7.71. The van der Waals surface area contributed by atoms with Crippen LogP contribution in [-0.2, 0) is 4.79 Å². The number of nitrogens with one attached hydrogen (secondary N) is 2. The number of carbonyl (C=O) groups is 1. The Morgan fingerprint density at radius 1 is 1.30 bits per heavy atom. The number of aromatic amines is 1. The fourth-order valence-electron chi connectivity index (χ4n) is 3.45. The molecule has 0 unspecified atom stereocenters. The van der Waals surface area contributed by atoms with E-state index in [1.54, 1.807) is 0 Å². The van der Waals surface area contributed by atoms with Crippen LogP contribution in [0.15, 0.2) is 36.7 Å². The molecule has 1 aromatic heterocycles. The number of aromatic nitrogens is 2. The molecular formula is C18H21N3OS. The van der Waals surface area contributed by atoms with Gasteiger partial charge in [0, 0.05) is 30.2 Å². The van der Waals surface area contributed by atoms with Gasteiger partial charge < -0.3 is 10.3 Å². The van der Waals surface area contributed by atoms with Crippen LogP contribution in [0.2, 0.25) is 0 Å². The number of imidazole rings is 1. The van der Waals surface area contributed by atoms with Crippen molar-refractivity contribution in [3.05, 3.63) is 41.4 Å². The van der Waals surface area contributed by atoms with Gasteiger partial charge in [-0.25, -0.2) is 0 Å². The summed E-state index contributed by atoms with van der Waals surface area (Å²) in [6, 6.07) is 7.82. The van der Waals surface area contributed by atoms with Gasteiger partial charge in [0.2, 0.25) is 5.91 Å². The van der Waals surface area contributed by atoms with Crippen LogP contribution in [-0.4, -0.2) is 15.5 Å². The highest BCUT2D eigenvalue weighted by atomic mass is 32.1. The number of anilines is 1. The Balaban J connectivity index is 1.45. The van der Waals surface area contributed by atoms with E-state index in [-0.39, 0.29) is 5.91 Å². The molecule has 2 fully saturated rings. The fourth-order valence-corrected chi connectivity index (χ4v) is 3.68. The van der Waals surface area contributed by atoms with Crippen molar-refractivity contribution in [2.45, 2.75) is 32.1 Å². The maximum Gasteiger partial charge on any atom is 0.224 e. The van der Waals surface area contributed by atoms with E-state index in [0.717, 1.165) is 23.2 Å². The second kappa shape index (κ2) is 5.96. The summed E-state index contributed by atoms with van der Waals surface area (Å²) in [6.07, 6.45) is 9.63. The summed E-state index contributed by atoms with van der Waals surface area (Å²) in [5.74, 6) is 2.36. The van der Waals surface area contributed by atoms with Crippen molar-refractivity contribution in [3.63, 3.8) is 0 Å². The van der Waals surface area contributed by atoms with Gasteiger partial charge in [-0.3, -0.25) is 9.36 Å². The number of rotatable bonds is 6. The largest absolute Gasteiger partial charge is 0.337 e. The maximum absolute atomic E-state index is 12.4. The summed E-state index contributed by atoms with van der Waals surface area (Å²) in [5.41, 5.74) is 1.79. The van der Waals surface area contributed by atoms with Gasteiger partial charge in [0.1, 0.15) is 0 Å². The van der Waals surface area contributed by atoms with Crippen molar-refractivity contribution in [3.8, 4) is 5.69 Å². The summed E-state index contributed by atoms with van der Waals surface area (Å²) >= 11 is 5.25. The fraction of sp³-hybridized carbons (Fsp3) is 0.444. The Bertz CT molecular complexity index is 758. The number of carbonyl (C=O) groups excluding carboxylic acids is 1. The first-order valence-corrected chi connectivity index (χ1v) is 8.78. The molecule has 4 nitrogen and oxygen atoms in total. The highest BCUT2D eigenvalue weighted by Crippen LogP contribution is 2.50. The number of hydrogen-bond donors (Lipinski definition) is 2. The van der Waals surface area contributed by atoms with Gasteiger partial charge in [-0.15, -0.1) is 0 Å². The Morgan fingerprint density at radius 2 is 2.04 bits per heavy atom. The molecule has 0 atom stereocenters. The SMILES string of the molecule is O=C(CC(C1CC1)C1CC1)Nc1cccc(-n2cc[nH]c2=S)c1. The molecular weight excluding hydrogens is 306 g/mol. The van der Waals surface area contributed by atoms with Crippen LogP contribution in [0.3, 0.4) is 0 Å². The van der Waals surface area contributed by atoms with Crippen molar-refractivity contribution in [1.82, 2.24) is 9.55 Å². The minimum absolute atomic E-state index is 0.142. The lowest BCUT2D eigenvalue weighted by atomic mass is 9.94. The quantitative estimate of drug-likeness (QED) is 0.777. The Hall–Kier alpha value is -1.88. The molecule has 0 spiro atoms. The molecule has 0 radical (unpaired) electrons. The number of H-pyrrole nitrogens is 1. The van der Waals surface area contributed by atoms with Crippen molar-refractivity contribution >= 4 is 23.8 Å². The van der Waals surface area contributed by atoms with Crippen molar-refractivity contribution in [2.75, 3.05) is 5.32 Å². The average Bonchev–Trinajstić information content (AvgIpc) is 3.44. The minimum atomic E-state index is 0.142. The molecule has 5 heteroatoms. The van der Waals surface area contributed by atoms with E-state index in [4.69, 9.17) is 12.2 Å². The molecule has 0 aliphatic heterocycles. The first-order valence-electron chi connectivity index (χ1n) is 8.37. The normalized spacial score (nSPS) is 17.4. The van der Waals surface area contributed by atoms with Gasteiger partial charge in [-0.1, -0.05) is 6.07 Å². The second-order valence-electron chi connectivity index (χ2n) is 6.78. The number of nitrogens with zero attached hydrogens (tertiary/aromatic N) is 1. The van der Waals surface area contributed by atoms with Crippen LogP contribution in [0.25, 0.3) is 5.69 Å². The lowest BCUT2D eigenvalue weighted by molar-refractivity contribution is -0.117. The topological polar surface area (TPSA) is 49.8 Å². The third-order valence-corrected chi connectivity index (χ3v) is 5.25. The Kier molecular flexibility index (Phi) is 3.81. The van der Waals surface area contributed by atoms with Crippen LogP contribution in [0.4, 0.5) is 5.69 Å². The molecule has 1 heterocycles. The Morgan fingerprint density at radius 3 is 2.65 bits per heavy atom. The molecule has 2 aliphatic carbocycles. The summed E-state index contributed by atoms with van der Waals surface area (Å²) < 4.78 is 2.54. The number of benzene rings is 1. The van der Waals surface area contributed by atoms with Crippen molar-refractivity contribution in [1.29, 1.82) is 0 Å². The average molecular weight is 327 g/mol. The summed E-state index contributed by atoms with van der Waals surface area (Å²) in [5, 5.41) is 3.06.